The fourth-order valence-corrected chi connectivity index (χ4v) is 3.03. The number of aromatic nitrogens is 2. The van der Waals surface area contributed by atoms with Crippen LogP contribution in [0.25, 0.3) is 0 Å². The van der Waals surface area contributed by atoms with Crippen LogP contribution in [-0.2, 0) is 0 Å². The van der Waals surface area contributed by atoms with E-state index in [1.54, 1.807) is 12.4 Å². The van der Waals surface area contributed by atoms with E-state index in [1.165, 1.54) is 5.56 Å². The Hall–Kier alpha value is -3.21. The van der Waals surface area contributed by atoms with Crippen molar-refractivity contribution in [2.24, 2.45) is 4.99 Å². The quantitative estimate of drug-likeness (QED) is 0.458. The summed E-state index contributed by atoms with van der Waals surface area (Å²) in [4.78, 5) is 17.9. The molecular weight excluding hydrogens is 346 g/mol. The van der Waals surface area contributed by atoms with Crippen molar-refractivity contribution in [2.45, 2.75) is 20.8 Å². The van der Waals surface area contributed by atoms with E-state index in [0.29, 0.717) is 0 Å². The average Bonchev–Trinajstić information content (AvgIpc) is 2.75. The van der Waals surface area contributed by atoms with Crippen LogP contribution in [0, 0.1) is 6.92 Å². The van der Waals surface area contributed by atoms with Gasteiger partial charge in [-0.15, -0.1) is 0 Å². The summed E-state index contributed by atoms with van der Waals surface area (Å²) in [6, 6.07) is 16.4. The molecule has 0 saturated heterocycles. The van der Waals surface area contributed by atoms with Gasteiger partial charge in [-0.3, -0.25) is 4.98 Å². The number of amidine groups is 1. The van der Waals surface area contributed by atoms with E-state index < -0.39 is 0 Å². The Balaban J connectivity index is 1.99. The molecule has 0 saturated carbocycles. The number of benzene rings is 1. The van der Waals surface area contributed by atoms with Crippen LogP contribution in [-0.4, -0.2) is 35.9 Å². The van der Waals surface area contributed by atoms with E-state index in [4.69, 9.17) is 4.99 Å². The molecule has 5 nitrogen and oxygen atoms in total. The van der Waals surface area contributed by atoms with Crippen LogP contribution in [0.1, 0.15) is 25.0 Å². The molecule has 0 bridgehead atoms. The fourth-order valence-electron chi connectivity index (χ4n) is 3.03. The summed E-state index contributed by atoms with van der Waals surface area (Å²) in [7, 11) is 2.02. The third-order valence-corrected chi connectivity index (χ3v) is 4.73. The molecule has 0 atom stereocenters. The summed E-state index contributed by atoms with van der Waals surface area (Å²) in [5, 5.41) is 0. The van der Waals surface area contributed by atoms with Crippen molar-refractivity contribution in [3.8, 4) is 0 Å². The van der Waals surface area contributed by atoms with Crippen molar-refractivity contribution in [3.63, 3.8) is 0 Å². The minimum absolute atomic E-state index is 0.826. The average molecular weight is 374 g/mol. The van der Waals surface area contributed by atoms with Gasteiger partial charge in [-0.25, -0.2) is 9.98 Å². The first-order valence-corrected chi connectivity index (χ1v) is 9.62. The second-order valence-corrected chi connectivity index (χ2v) is 6.61. The predicted molar refractivity (Wildman–Crippen MR) is 118 cm³/mol. The van der Waals surface area contributed by atoms with Crippen molar-refractivity contribution in [3.05, 3.63) is 78.2 Å². The summed E-state index contributed by atoms with van der Waals surface area (Å²) in [6.07, 6.45) is 5.42. The Labute approximate surface area is 167 Å². The van der Waals surface area contributed by atoms with E-state index in [1.807, 2.05) is 37.5 Å². The Morgan fingerprint density at radius 2 is 1.61 bits per heavy atom. The van der Waals surface area contributed by atoms with Gasteiger partial charge in [-0.2, -0.15) is 0 Å². The second-order valence-electron chi connectivity index (χ2n) is 6.61. The molecule has 2 aromatic heterocycles. The van der Waals surface area contributed by atoms with Crippen LogP contribution in [0.3, 0.4) is 0 Å². The Bertz CT molecular complexity index is 898. The lowest BCUT2D eigenvalue weighted by Crippen LogP contribution is -2.27. The number of pyridine rings is 2. The smallest absolute Gasteiger partial charge is 0.140 e. The van der Waals surface area contributed by atoms with E-state index in [2.05, 4.69) is 64.8 Å². The Morgan fingerprint density at radius 1 is 0.929 bits per heavy atom. The molecule has 0 unspecified atom stereocenters. The summed E-state index contributed by atoms with van der Waals surface area (Å²) in [5.41, 5.74) is 4.13. The van der Waals surface area contributed by atoms with Crippen LogP contribution in [0.15, 0.2) is 72.1 Å². The maximum atomic E-state index is 4.93. The molecule has 1 aromatic carbocycles. The summed E-state index contributed by atoms with van der Waals surface area (Å²) in [5.74, 6) is 1.84. The van der Waals surface area contributed by atoms with Crippen LogP contribution in [0.4, 0.5) is 17.2 Å². The van der Waals surface area contributed by atoms with Crippen molar-refractivity contribution < 1.29 is 0 Å². The van der Waals surface area contributed by atoms with Gasteiger partial charge in [0.1, 0.15) is 11.7 Å². The maximum Gasteiger partial charge on any atom is 0.140 e. The lowest BCUT2D eigenvalue weighted by Gasteiger charge is -2.22. The first kappa shape index (κ1) is 19.5. The molecule has 0 aliphatic rings. The molecule has 0 aliphatic carbocycles. The van der Waals surface area contributed by atoms with Gasteiger partial charge in [0.05, 0.1) is 11.9 Å². The number of rotatable bonds is 6. The Morgan fingerprint density at radius 3 is 2.18 bits per heavy atom. The first-order valence-electron chi connectivity index (χ1n) is 9.62. The lowest BCUT2D eigenvalue weighted by atomic mass is 10.1. The topological polar surface area (TPSA) is 44.6 Å². The van der Waals surface area contributed by atoms with Crippen LogP contribution < -0.4 is 9.80 Å². The minimum atomic E-state index is 0.826. The number of hydrogen-bond acceptors (Lipinski definition) is 4. The highest BCUT2D eigenvalue weighted by Gasteiger charge is 2.12. The standard InChI is InChI=1S/C23H27N5/c1-5-28(6-2)22-12-11-20(17-25-22)26-23(19-9-7-18(3)8-10-19)27(4)21-13-15-24-16-14-21/h7-17H,5-6H2,1-4H3. The molecule has 0 aliphatic heterocycles. The zero-order valence-corrected chi connectivity index (χ0v) is 17.0. The maximum absolute atomic E-state index is 4.93. The third-order valence-electron chi connectivity index (χ3n) is 4.73. The van der Waals surface area contributed by atoms with Gasteiger partial charge in [-0.1, -0.05) is 29.8 Å². The third kappa shape index (κ3) is 4.55. The zero-order chi connectivity index (χ0) is 19.9. The van der Waals surface area contributed by atoms with Crippen molar-refractivity contribution in [1.29, 1.82) is 0 Å². The zero-order valence-electron chi connectivity index (χ0n) is 17.0. The number of hydrogen-bond donors (Lipinski definition) is 0. The number of nitrogens with zero attached hydrogens (tertiary/aromatic N) is 5. The van der Waals surface area contributed by atoms with Crippen LogP contribution in [0.2, 0.25) is 0 Å². The number of aryl methyl sites for hydroxylation is 1. The predicted octanol–water partition coefficient (Wildman–Crippen LogP) is 4.85. The molecule has 0 amide bonds. The van der Waals surface area contributed by atoms with Gasteiger partial charge < -0.3 is 9.80 Å². The summed E-state index contributed by atoms with van der Waals surface area (Å²) in [6.45, 7) is 8.23. The van der Waals surface area contributed by atoms with E-state index in [0.717, 1.165) is 41.7 Å². The van der Waals surface area contributed by atoms with Gasteiger partial charge in [-0.05, 0) is 45.0 Å². The molecule has 5 heteroatoms. The van der Waals surface area contributed by atoms with Crippen molar-refractivity contribution >= 4 is 23.0 Å². The number of aliphatic imine (C=N–C) groups is 1. The van der Waals surface area contributed by atoms with Gasteiger partial charge in [0.2, 0.25) is 0 Å². The Kier molecular flexibility index (Phi) is 6.37. The molecule has 2 heterocycles. The highest BCUT2D eigenvalue weighted by atomic mass is 15.2. The normalized spacial score (nSPS) is 11.4. The highest BCUT2D eigenvalue weighted by Crippen LogP contribution is 2.21. The lowest BCUT2D eigenvalue weighted by molar-refractivity contribution is 0.846. The first-order chi connectivity index (χ1) is 13.6. The fraction of sp³-hybridized carbons (Fsp3) is 0.261. The van der Waals surface area contributed by atoms with E-state index in [-0.39, 0.29) is 0 Å². The van der Waals surface area contributed by atoms with Gasteiger partial charge in [0, 0.05) is 43.8 Å². The molecule has 28 heavy (non-hydrogen) atoms. The SMILES string of the molecule is CCN(CC)c1ccc(N=C(c2ccc(C)cc2)N(C)c2ccncc2)cn1. The van der Waals surface area contributed by atoms with E-state index >= 15 is 0 Å². The second kappa shape index (κ2) is 9.13. The highest BCUT2D eigenvalue weighted by molar-refractivity contribution is 6.10. The molecule has 3 aromatic rings. The molecule has 0 radical (unpaired) electrons. The monoisotopic (exact) mass is 373 g/mol. The van der Waals surface area contributed by atoms with Crippen molar-refractivity contribution in [1.82, 2.24) is 9.97 Å². The molecule has 0 N–H and O–H groups in total. The minimum Gasteiger partial charge on any atom is -0.357 e. The molecular formula is C23H27N5. The van der Waals surface area contributed by atoms with Crippen LogP contribution >= 0.6 is 0 Å². The number of anilines is 2. The molecule has 144 valence electrons. The van der Waals surface area contributed by atoms with Crippen molar-refractivity contribution in [2.75, 3.05) is 29.9 Å². The van der Waals surface area contributed by atoms with Crippen LogP contribution in [0.5, 0.6) is 0 Å². The van der Waals surface area contributed by atoms with Gasteiger partial charge >= 0.3 is 0 Å². The summed E-state index contributed by atoms with van der Waals surface area (Å²) < 4.78 is 0. The molecule has 0 spiro atoms. The molecule has 3 rings (SSSR count). The van der Waals surface area contributed by atoms with Gasteiger partial charge in [0.25, 0.3) is 0 Å². The van der Waals surface area contributed by atoms with Gasteiger partial charge in [0.15, 0.2) is 0 Å². The van der Waals surface area contributed by atoms with E-state index in [9.17, 15) is 0 Å². The largest absolute Gasteiger partial charge is 0.357 e. The molecule has 0 fully saturated rings. The summed E-state index contributed by atoms with van der Waals surface area (Å²) >= 11 is 0.